The van der Waals surface area contributed by atoms with Gasteiger partial charge in [-0.3, -0.25) is 0 Å². The summed E-state index contributed by atoms with van der Waals surface area (Å²) < 4.78 is 0.841. The third-order valence-electron chi connectivity index (χ3n) is 2.62. The molecule has 0 nitrogen and oxygen atoms in total. The molecule has 1 atom stereocenters. The zero-order valence-electron chi connectivity index (χ0n) is 9.43. The normalized spacial score (nSPS) is 12.8. The first-order chi connectivity index (χ1) is 8.00. The first kappa shape index (κ1) is 13.4. The largest absolute Gasteiger partial charge is 0.127 e. The first-order valence-electron chi connectivity index (χ1n) is 5.15. The van der Waals surface area contributed by atoms with Gasteiger partial charge in [-0.1, -0.05) is 57.3 Å². The van der Waals surface area contributed by atoms with Crippen LogP contribution in [0.3, 0.4) is 0 Å². The average Bonchev–Trinajstić information content (AvgIpc) is 2.62. The molecule has 0 aliphatic rings. The molecule has 17 heavy (non-hydrogen) atoms. The van der Waals surface area contributed by atoms with Crippen LogP contribution < -0.4 is 0 Å². The lowest BCUT2D eigenvalue weighted by Gasteiger charge is -2.11. The number of alkyl halides is 1. The van der Waals surface area contributed by atoms with E-state index in [-0.39, 0.29) is 4.83 Å². The zero-order chi connectivity index (χ0) is 12.6. The summed E-state index contributed by atoms with van der Waals surface area (Å²) in [4.78, 5) is 1.28. The fraction of sp³-hybridized carbons (Fsp3) is 0.231. The molecule has 0 saturated heterocycles. The van der Waals surface area contributed by atoms with Crippen LogP contribution in [0.4, 0.5) is 0 Å². The van der Waals surface area contributed by atoms with Crippen LogP contribution in [0, 0.1) is 13.8 Å². The van der Waals surface area contributed by atoms with Crippen LogP contribution in [-0.4, -0.2) is 0 Å². The van der Waals surface area contributed by atoms with Gasteiger partial charge in [0.25, 0.3) is 0 Å². The lowest BCUT2D eigenvalue weighted by molar-refractivity contribution is 1.21. The third kappa shape index (κ3) is 2.70. The quantitative estimate of drug-likeness (QED) is 0.570. The molecule has 1 heterocycles. The molecule has 0 N–H and O–H groups in total. The maximum atomic E-state index is 6.33. The maximum absolute atomic E-state index is 6.33. The summed E-state index contributed by atoms with van der Waals surface area (Å²) in [5.74, 6) is 0. The maximum Gasteiger partial charge on any atom is 0.0960 e. The van der Waals surface area contributed by atoms with E-state index in [1.165, 1.54) is 4.88 Å². The van der Waals surface area contributed by atoms with Crippen molar-refractivity contribution in [3.63, 3.8) is 0 Å². The highest BCUT2D eigenvalue weighted by atomic mass is 79.9. The summed E-state index contributed by atoms with van der Waals surface area (Å²) in [6, 6.07) is 8.17. The van der Waals surface area contributed by atoms with Crippen molar-refractivity contribution in [2.75, 3.05) is 0 Å². The highest BCUT2D eigenvalue weighted by molar-refractivity contribution is 9.09. The van der Waals surface area contributed by atoms with E-state index in [1.807, 2.05) is 32.0 Å². The summed E-state index contributed by atoms with van der Waals surface area (Å²) in [5, 5.41) is 0.816. The minimum Gasteiger partial charge on any atom is -0.127 e. The minimum atomic E-state index is 0.103. The molecule has 1 aromatic carbocycles. The Bertz CT molecular complexity index is 529. The number of benzene rings is 1. The second-order valence-corrected chi connectivity index (χ2v) is 6.93. The Morgan fingerprint density at radius 1 is 1.18 bits per heavy atom. The van der Waals surface area contributed by atoms with Crippen LogP contribution >= 0.6 is 50.5 Å². The van der Waals surface area contributed by atoms with E-state index in [4.69, 9.17) is 23.2 Å². The molecule has 1 unspecified atom stereocenters. The van der Waals surface area contributed by atoms with E-state index in [0.717, 1.165) is 26.0 Å². The number of thiophene rings is 1. The predicted octanol–water partition coefficient (Wildman–Crippen LogP) is 6.16. The van der Waals surface area contributed by atoms with E-state index in [0.29, 0.717) is 0 Å². The Balaban J connectivity index is 2.43. The summed E-state index contributed by atoms with van der Waals surface area (Å²) >= 11 is 17.7. The Labute approximate surface area is 124 Å². The van der Waals surface area contributed by atoms with Crippen molar-refractivity contribution < 1.29 is 0 Å². The highest BCUT2D eigenvalue weighted by Gasteiger charge is 2.17. The van der Waals surface area contributed by atoms with Crippen LogP contribution in [0.5, 0.6) is 0 Å². The molecule has 2 rings (SSSR count). The molecule has 0 aliphatic carbocycles. The van der Waals surface area contributed by atoms with Gasteiger partial charge in [-0.2, -0.15) is 0 Å². The standard InChI is InChI=1S/C13H11BrCl2S/c1-7-4-3-5-9(12(7)15)11(14)10-6-8(2)13(16)17-10/h3-6,11H,1-2H3. The van der Waals surface area contributed by atoms with Crippen LogP contribution in [0.1, 0.15) is 26.4 Å². The van der Waals surface area contributed by atoms with Crippen molar-refractivity contribution in [1.82, 2.24) is 0 Å². The zero-order valence-corrected chi connectivity index (χ0v) is 13.3. The molecular formula is C13H11BrCl2S. The number of halogens is 3. The van der Waals surface area contributed by atoms with E-state index < -0.39 is 0 Å². The number of aryl methyl sites for hydroxylation is 2. The molecule has 0 aliphatic heterocycles. The van der Waals surface area contributed by atoms with Gasteiger partial charge < -0.3 is 0 Å². The average molecular weight is 350 g/mol. The van der Waals surface area contributed by atoms with Crippen LogP contribution in [0.15, 0.2) is 24.3 Å². The second-order valence-electron chi connectivity index (χ2n) is 3.95. The monoisotopic (exact) mass is 348 g/mol. The fourth-order valence-corrected chi connectivity index (χ4v) is 4.00. The summed E-state index contributed by atoms with van der Waals surface area (Å²) in [5.41, 5.74) is 3.29. The Morgan fingerprint density at radius 2 is 1.88 bits per heavy atom. The Morgan fingerprint density at radius 3 is 2.47 bits per heavy atom. The van der Waals surface area contributed by atoms with Gasteiger partial charge in [0, 0.05) is 9.90 Å². The van der Waals surface area contributed by atoms with Crippen molar-refractivity contribution >= 4 is 50.5 Å². The van der Waals surface area contributed by atoms with Crippen LogP contribution in [-0.2, 0) is 0 Å². The minimum absolute atomic E-state index is 0.103. The first-order valence-corrected chi connectivity index (χ1v) is 7.64. The topological polar surface area (TPSA) is 0 Å². The number of hydrogen-bond donors (Lipinski definition) is 0. The molecule has 0 amide bonds. The molecule has 0 radical (unpaired) electrons. The molecule has 90 valence electrons. The van der Waals surface area contributed by atoms with Crippen LogP contribution in [0.25, 0.3) is 0 Å². The predicted molar refractivity (Wildman–Crippen MR) is 81.0 cm³/mol. The van der Waals surface area contributed by atoms with Gasteiger partial charge >= 0.3 is 0 Å². The van der Waals surface area contributed by atoms with E-state index in [9.17, 15) is 0 Å². The van der Waals surface area contributed by atoms with Gasteiger partial charge in [-0.25, -0.2) is 0 Å². The molecule has 0 spiro atoms. The van der Waals surface area contributed by atoms with Gasteiger partial charge in [0.2, 0.25) is 0 Å². The smallest absolute Gasteiger partial charge is 0.0960 e. The molecule has 1 aromatic heterocycles. The molecular weight excluding hydrogens is 339 g/mol. The highest BCUT2D eigenvalue weighted by Crippen LogP contribution is 2.41. The van der Waals surface area contributed by atoms with Crippen molar-refractivity contribution in [2.24, 2.45) is 0 Å². The van der Waals surface area contributed by atoms with E-state index in [1.54, 1.807) is 11.3 Å². The second kappa shape index (κ2) is 5.31. The lowest BCUT2D eigenvalue weighted by atomic mass is 10.1. The fourth-order valence-electron chi connectivity index (χ4n) is 1.63. The van der Waals surface area contributed by atoms with Crippen molar-refractivity contribution in [2.45, 2.75) is 18.7 Å². The summed E-state index contributed by atoms with van der Waals surface area (Å²) in [6.07, 6.45) is 0. The van der Waals surface area contributed by atoms with E-state index in [2.05, 4.69) is 22.0 Å². The number of hydrogen-bond acceptors (Lipinski definition) is 1. The third-order valence-corrected chi connectivity index (χ3v) is 6.05. The number of rotatable bonds is 2. The lowest BCUT2D eigenvalue weighted by Crippen LogP contribution is -1.92. The Kier molecular flexibility index (Phi) is 4.19. The van der Waals surface area contributed by atoms with Gasteiger partial charge in [0.05, 0.1) is 9.16 Å². The molecule has 0 saturated carbocycles. The van der Waals surface area contributed by atoms with Crippen molar-refractivity contribution in [3.8, 4) is 0 Å². The summed E-state index contributed by atoms with van der Waals surface area (Å²) in [7, 11) is 0. The molecule has 2 aromatic rings. The van der Waals surface area contributed by atoms with Crippen molar-refractivity contribution in [3.05, 3.63) is 55.2 Å². The van der Waals surface area contributed by atoms with Gasteiger partial charge in [-0.15, -0.1) is 11.3 Å². The van der Waals surface area contributed by atoms with Crippen molar-refractivity contribution in [1.29, 1.82) is 0 Å². The SMILES string of the molecule is Cc1cc(C(Br)c2cccc(C)c2Cl)sc1Cl. The summed E-state index contributed by atoms with van der Waals surface area (Å²) in [6.45, 7) is 4.03. The van der Waals surface area contributed by atoms with Gasteiger partial charge in [0.1, 0.15) is 0 Å². The van der Waals surface area contributed by atoms with Gasteiger partial charge in [-0.05, 0) is 36.6 Å². The molecule has 0 bridgehead atoms. The molecule has 4 heteroatoms. The molecule has 0 fully saturated rings. The van der Waals surface area contributed by atoms with Gasteiger partial charge in [0.15, 0.2) is 0 Å². The Hall–Kier alpha value is -0.0200. The van der Waals surface area contributed by atoms with Crippen LogP contribution in [0.2, 0.25) is 9.36 Å². The van der Waals surface area contributed by atoms with E-state index >= 15 is 0 Å².